The smallest absolute Gasteiger partial charge is 0.223 e. The Morgan fingerprint density at radius 1 is 1.25 bits per heavy atom. The Kier molecular flexibility index (Phi) is 3.51. The molecule has 82 valence electrons. The van der Waals surface area contributed by atoms with Gasteiger partial charge in [-0.1, -0.05) is 30.3 Å². The van der Waals surface area contributed by atoms with Crippen LogP contribution in [0.5, 0.6) is 0 Å². The zero-order chi connectivity index (χ0) is 11.4. The van der Waals surface area contributed by atoms with Gasteiger partial charge in [0, 0.05) is 12.7 Å². The first-order chi connectivity index (χ1) is 7.75. The van der Waals surface area contributed by atoms with E-state index in [0.29, 0.717) is 5.95 Å². The summed E-state index contributed by atoms with van der Waals surface area (Å²) in [5, 5.41) is 3.19. The summed E-state index contributed by atoms with van der Waals surface area (Å²) in [6.45, 7) is 2.68. The van der Waals surface area contributed by atoms with Crippen molar-refractivity contribution in [2.24, 2.45) is 0 Å². The Morgan fingerprint density at radius 2 is 2.00 bits per heavy atom. The van der Waals surface area contributed by atoms with Gasteiger partial charge in [0.25, 0.3) is 0 Å². The van der Waals surface area contributed by atoms with Gasteiger partial charge in [-0.05, 0) is 28.4 Å². The predicted molar refractivity (Wildman–Crippen MR) is 68.2 cm³/mol. The molecule has 0 atom stereocenters. The first-order valence-electron chi connectivity index (χ1n) is 5.02. The van der Waals surface area contributed by atoms with E-state index in [-0.39, 0.29) is 0 Å². The highest BCUT2D eigenvalue weighted by atomic mass is 79.9. The van der Waals surface area contributed by atoms with Crippen LogP contribution in [0.15, 0.2) is 41.0 Å². The minimum atomic E-state index is 0.657. The molecule has 0 spiro atoms. The average molecular weight is 278 g/mol. The molecule has 0 amide bonds. The van der Waals surface area contributed by atoms with Gasteiger partial charge >= 0.3 is 0 Å². The molecule has 0 fully saturated rings. The Balaban J connectivity index is 2.03. The molecule has 0 radical (unpaired) electrons. The van der Waals surface area contributed by atoms with Crippen LogP contribution in [0, 0.1) is 6.92 Å². The number of aryl methyl sites for hydroxylation is 1. The maximum absolute atomic E-state index is 4.32. The highest BCUT2D eigenvalue weighted by molar-refractivity contribution is 9.10. The lowest BCUT2D eigenvalue weighted by Gasteiger charge is -2.05. The van der Waals surface area contributed by atoms with Crippen LogP contribution in [0.2, 0.25) is 0 Å². The molecule has 16 heavy (non-hydrogen) atoms. The van der Waals surface area contributed by atoms with E-state index >= 15 is 0 Å². The molecule has 2 rings (SSSR count). The molecule has 2 aromatic rings. The van der Waals surface area contributed by atoms with Crippen LogP contribution in [0.1, 0.15) is 11.3 Å². The summed E-state index contributed by atoms with van der Waals surface area (Å²) >= 11 is 3.37. The van der Waals surface area contributed by atoms with Crippen LogP contribution >= 0.6 is 15.9 Å². The Hall–Kier alpha value is -1.42. The van der Waals surface area contributed by atoms with Crippen LogP contribution in [0.25, 0.3) is 0 Å². The van der Waals surface area contributed by atoms with Gasteiger partial charge in [0.2, 0.25) is 5.95 Å². The number of aromatic nitrogens is 2. The van der Waals surface area contributed by atoms with Crippen molar-refractivity contribution in [3.63, 3.8) is 0 Å². The number of nitrogens with one attached hydrogen (secondary N) is 1. The summed E-state index contributed by atoms with van der Waals surface area (Å²) < 4.78 is 0.928. The van der Waals surface area contributed by atoms with Gasteiger partial charge in [-0.15, -0.1) is 0 Å². The molecule has 0 saturated carbocycles. The van der Waals surface area contributed by atoms with E-state index in [1.807, 2.05) is 25.1 Å². The number of halogens is 1. The van der Waals surface area contributed by atoms with Crippen LogP contribution < -0.4 is 5.32 Å². The maximum atomic E-state index is 4.32. The summed E-state index contributed by atoms with van der Waals surface area (Å²) in [7, 11) is 0. The zero-order valence-corrected chi connectivity index (χ0v) is 10.5. The lowest BCUT2D eigenvalue weighted by Crippen LogP contribution is -2.04. The molecule has 0 aliphatic rings. The maximum Gasteiger partial charge on any atom is 0.223 e. The summed E-state index contributed by atoms with van der Waals surface area (Å²) in [4.78, 5) is 8.50. The van der Waals surface area contributed by atoms with Crippen molar-refractivity contribution in [2.75, 3.05) is 5.32 Å². The van der Waals surface area contributed by atoms with E-state index in [1.165, 1.54) is 5.56 Å². The standard InChI is InChI=1S/C12H12BrN3/c1-9-11(13)8-15-12(16-9)14-7-10-5-3-2-4-6-10/h2-6,8H,7H2,1H3,(H,14,15,16). The first-order valence-corrected chi connectivity index (χ1v) is 5.82. The molecule has 0 unspecified atom stereocenters. The van der Waals surface area contributed by atoms with E-state index in [1.54, 1.807) is 6.20 Å². The van der Waals surface area contributed by atoms with Crippen LogP contribution in [0.4, 0.5) is 5.95 Å². The molecule has 1 N–H and O–H groups in total. The van der Waals surface area contributed by atoms with Gasteiger partial charge in [0.1, 0.15) is 0 Å². The summed E-state index contributed by atoms with van der Waals surface area (Å²) in [6.07, 6.45) is 1.76. The van der Waals surface area contributed by atoms with Gasteiger partial charge < -0.3 is 5.32 Å². The highest BCUT2D eigenvalue weighted by Gasteiger charge is 2.00. The number of anilines is 1. The quantitative estimate of drug-likeness (QED) is 0.937. The monoisotopic (exact) mass is 277 g/mol. The molecule has 3 nitrogen and oxygen atoms in total. The summed E-state index contributed by atoms with van der Waals surface area (Å²) in [5.74, 6) is 0.657. The van der Waals surface area contributed by atoms with Crippen LogP contribution in [-0.4, -0.2) is 9.97 Å². The molecule has 4 heteroatoms. The molecule has 0 saturated heterocycles. The Bertz CT molecular complexity index is 471. The van der Waals surface area contributed by atoms with Crippen LogP contribution in [-0.2, 0) is 6.54 Å². The van der Waals surface area contributed by atoms with Crippen molar-refractivity contribution in [1.29, 1.82) is 0 Å². The summed E-state index contributed by atoms with van der Waals surface area (Å²) in [5.41, 5.74) is 2.15. The SMILES string of the molecule is Cc1nc(NCc2ccccc2)ncc1Br. The van der Waals surface area contributed by atoms with E-state index < -0.39 is 0 Å². The van der Waals surface area contributed by atoms with Gasteiger partial charge in [-0.2, -0.15) is 0 Å². The van der Waals surface area contributed by atoms with Crippen molar-refractivity contribution in [2.45, 2.75) is 13.5 Å². The second-order valence-electron chi connectivity index (χ2n) is 3.47. The van der Waals surface area contributed by atoms with Crippen molar-refractivity contribution >= 4 is 21.9 Å². The van der Waals surface area contributed by atoms with Gasteiger partial charge in [0.05, 0.1) is 10.2 Å². The fraction of sp³-hybridized carbons (Fsp3) is 0.167. The third kappa shape index (κ3) is 2.79. The van der Waals surface area contributed by atoms with Crippen LogP contribution in [0.3, 0.4) is 0 Å². The molecule has 1 aromatic carbocycles. The molecule has 0 bridgehead atoms. The van der Waals surface area contributed by atoms with Gasteiger partial charge in [-0.25, -0.2) is 9.97 Å². The lowest BCUT2D eigenvalue weighted by atomic mass is 10.2. The van der Waals surface area contributed by atoms with E-state index in [9.17, 15) is 0 Å². The van der Waals surface area contributed by atoms with Gasteiger partial charge in [-0.3, -0.25) is 0 Å². The predicted octanol–water partition coefficient (Wildman–Crippen LogP) is 3.16. The fourth-order valence-electron chi connectivity index (χ4n) is 1.31. The largest absolute Gasteiger partial charge is 0.350 e. The fourth-order valence-corrected chi connectivity index (χ4v) is 1.51. The Morgan fingerprint density at radius 3 is 2.69 bits per heavy atom. The molecule has 0 aliphatic heterocycles. The number of hydrogen-bond donors (Lipinski definition) is 1. The topological polar surface area (TPSA) is 37.8 Å². The number of rotatable bonds is 3. The van der Waals surface area contributed by atoms with E-state index in [4.69, 9.17) is 0 Å². The third-order valence-corrected chi connectivity index (χ3v) is 2.99. The molecular weight excluding hydrogens is 266 g/mol. The van der Waals surface area contributed by atoms with E-state index in [0.717, 1.165) is 16.7 Å². The van der Waals surface area contributed by atoms with Crippen molar-refractivity contribution < 1.29 is 0 Å². The highest BCUT2D eigenvalue weighted by Crippen LogP contribution is 2.13. The lowest BCUT2D eigenvalue weighted by molar-refractivity contribution is 1.02. The molecule has 0 aliphatic carbocycles. The van der Waals surface area contributed by atoms with Gasteiger partial charge in [0.15, 0.2) is 0 Å². The van der Waals surface area contributed by atoms with E-state index in [2.05, 4.69) is 43.3 Å². The van der Waals surface area contributed by atoms with Crippen molar-refractivity contribution in [3.05, 3.63) is 52.3 Å². The zero-order valence-electron chi connectivity index (χ0n) is 8.94. The minimum absolute atomic E-state index is 0.657. The minimum Gasteiger partial charge on any atom is -0.350 e. The number of hydrogen-bond acceptors (Lipinski definition) is 3. The van der Waals surface area contributed by atoms with Crippen molar-refractivity contribution in [1.82, 2.24) is 9.97 Å². The third-order valence-electron chi connectivity index (χ3n) is 2.21. The second kappa shape index (κ2) is 5.07. The normalized spacial score (nSPS) is 10.1. The second-order valence-corrected chi connectivity index (χ2v) is 4.32. The summed E-state index contributed by atoms with van der Waals surface area (Å²) in [6, 6.07) is 10.2. The number of nitrogens with zero attached hydrogens (tertiary/aromatic N) is 2. The first kappa shape index (κ1) is 11.1. The molecule has 1 heterocycles. The molecular formula is C12H12BrN3. The van der Waals surface area contributed by atoms with Crippen molar-refractivity contribution in [3.8, 4) is 0 Å². The number of benzene rings is 1. The Labute approximate surface area is 103 Å². The average Bonchev–Trinajstić information content (AvgIpc) is 2.32. The molecule has 1 aromatic heterocycles.